The van der Waals surface area contributed by atoms with E-state index in [1.54, 1.807) is 11.8 Å². The number of thioether (sulfide) groups is 1. The van der Waals surface area contributed by atoms with Crippen molar-refractivity contribution in [3.05, 3.63) is 23.9 Å². The fourth-order valence-corrected chi connectivity index (χ4v) is 2.59. The third-order valence-corrected chi connectivity index (χ3v) is 3.73. The molecule has 0 fully saturated rings. The molecular formula is C13H22N2OS. The van der Waals surface area contributed by atoms with E-state index in [0.29, 0.717) is 11.3 Å². The predicted octanol–water partition coefficient (Wildman–Crippen LogP) is 2.62. The minimum Gasteiger partial charge on any atom is -0.396 e. The molecule has 96 valence electrons. The molecule has 0 aliphatic heterocycles. The van der Waals surface area contributed by atoms with Gasteiger partial charge in [-0.15, -0.1) is 11.8 Å². The summed E-state index contributed by atoms with van der Waals surface area (Å²) < 4.78 is 0. The number of aromatic nitrogens is 1. The van der Waals surface area contributed by atoms with Gasteiger partial charge in [-0.1, -0.05) is 13.8 Å². The summed E-state index contributed by atoms with van der Waals surface area (Å²) in [5, 5.41) is 13.7. The van der Waals surface area contributed by atoms with Gasteiger partial charge in [-0.2, -0.15) is 0 Å². The van der Waals surface area contributed by atoms with E-state index in [4.69, 9.17) is 5.11 Å². The number of nitrogens with zero attached hydrogens (tertiary/aromatic N) is 1. The van der Waals surface area contributed by atoms with Gasteiger partial charge in [0.2, 0.25) is 0 Å². The normalized spacial score (nSPS) is 14.6. The summed E-state index contributed by atoms with van der Waals surface area (Å²) in [5.74, 6) is 0. The number of hydrogen-bond donors (Lipinski definition) is 2. The van der Waals surface area contributed by atoms with Crippen LogP contribution >= 0.6 is 11.8 Å². The topological polar surface area (TPSA) is 45.2 Å². The monoisotopic (exact) mass is 254 g/mol. The first-order chi connectivity index (χ1) is 8.17. The van der Waals surface area contributed by atoms with E-state index in [-0.39, 0.29) is 6.61 Å². The summed E-state index contributed by atoms with van der Waals surface area (Å²) in [6.45, 7) is 7.58. The van der Waals surface area contributed by atoms with Crippen LogP contribution in [-0.4, -0.2) is 28.5 Å². The van der Waals surface area contributed by atoms with Crippen molar-refractivity contribution in [2.24, 2.45) is 0 Å². The molecule has 0 aliphatic rings. The number of nitrogens with one attached hydrogen (secondary N) is 1. The van der Waals surface area contributed by atoms with E-state index in [0.717, 1.165) is 18.0 Å². The van der Waals surface area contributed by atoms with E-state index in [1.165, 1.54) is 5.56 Å². The average Bonchev–Trinajstić information content (AvgIpc) is 2.30. The van der Waals surface area contributed by atoms with Crippen molar-refractivity contribution in [2.45, 2.75) is 43.5 Å². The maximum Gasteiger partial charge on any atom is 0.0965 e. The van der Waals surface area contributed by atoms with Gasteiger partial charge in [-0.05, 0) is 37.6 Å². The van der Waals surface area contributed by atoms with Gasteiger partial charge in [0.25, 0.3) is 0 Å². The van der Waals surface area contributed by atoms with Crippen LogP contribution in [0.3, 0.4) is 0 Å². The average molecular weight is 254 g/mol. The zero-order chi connectivity index (χ0) is 12.7. The maximum absolute atomic E-state index is 8.88. The van der Waals surface area contributed by atoms with Crippen LogP contribution in [-0.2, 0) is 0 Å². The van der Waals surface area contributed by atoms with Gasteiger partial charge >= 0.3 is 0 Å². The molecule has 0 saturated heterocycles. The Morgan fingerprint density at radius 3 is 2.88 bits per heavy atom. The molecule has 1 heterocycles. The molecule has 2 unspecified atom stereocenters. The molecule has 0 spiro atoms. The molecule has 2 N–H and O–H groups in total. The van der Waals surface area contributed by atoms with Gasteiger partial charge in [-0.25, -0.2) is 4.98 Å². The number of aliphatic hydroxyl groups is 1. The molecule has 0 saturated carbocycles. The Balaban J connectivity index is 2.65. The number of hydrogen-bond acceptors (Lipinski definition) is 4. The largest absolute Gasteiger partial charge is 0.396 e. The second kappa shape index (κ2) is 7.69. The number of aliphatic hydroxyl groups excluding tert-OH is 1. The van der Waals surface area contributed by atoms with Crippen molar-refractivity contribution in [3.63, 3.8) is 0 Å². The van der Waals surface area contributed by atoms with Crippen LogP contribution in [0.15, 0.2) is 23.4 Å². The Morgan fingerprint density at radius 1 is 1.47 bits per heavy atom. The molecule has 0 bridgehead atoms. The lowest BCUT2D eigenvalue weighted by atomic mass is 10.1. The van der Waals surface area contributed by atoms with Gasteiger partial charge in [-0.3, -0.25) is 0 Å². The van der Waals surface area contributed by atoms with E-state index < -0.39 is 0 Å². The minimum atomic E-state index is 0.238. The number of pyridine rings is 1. The molecule has 0 amide bonds. The van der Waals surface area contributed by atoms with Crippen LogP contribution in [0.4, 0.5) is 0 Å². The second-order valence-corrected chi connectivity index (χ2v) is 5.61. The van der Waals surface area contributed by atoms with E-state index in [2.05, 4.69) is 37.1 Å². The zero-order valence-corrected chi connectivity index (χ0v) is 11.6. The van der Waals surface area contributed by atoms with Gasteiger partial charge < -0.3 is 10.4 Å². The number of rotatable bonds is 7. The van der Waals surface area contributed by atoms with Crippen LogP contribution < -0.4 is 5.32 Å². The Bertz CT molecular complexity index is 333. The standard InChI is InChI=1S/C13H22N2OS/c1-4-14-11(3)12-5-7-15-13(9-12)17-10(2)6-8-16/h5,7,9-11,14,16H,4,6,8H2,1-3H3. The van der Waals surface area contributed by atoms with Crippen molar-refractivity contribution in [3.8, 4) is 0 Å². The molecule has 0 aliphatic carbocycles. The van der Waals surface area contributed by atoms with Crippen molar-refractivity contribution in [1.82, 2.24) is 10.3 Å². The predicted molar refractivity (Wildman–Crippen MR) is 73.4 cm³/mol. The highest BCUT2D eigenvalue weighted by atomic mass is 32.2. The maximum atomic E-state index is 8.88. The van der Waals surface area contributed by atoms with Crippen LogP contribution in [0.2, 0.25) is 0 Å². The SMILES string of the molecule is CCNC(C)c1ccnc(SC(C)CCO)c1. The molecular weight excluding hydrogens is 232 g/mol. The second-order valence-electron chi connectivity index (χ2n) is 4.15. The summed E-state index contributed by atoms with van der Waals surface area (Å²) in [7, 11) is 0. The van der Waals surface area contributed by atoms with Gasteiger partial charge in [0, 0.05) is 24.1 Å². The van der Waals surface area contributed by atoms with E-state index >= 15 is 0 Å². The quantitative estimate of drug-likeness (QED) is 0.734. The van der Waals surface area contributed by atoms with Crippen molar-refractivity contribution in [2.75, 3.05) is 13.2 Å². The summed E-state index contributed by atoms with van der Waals surface area (Å²) in [4.78, 5) is 4.36. The molecule has 2 atom stereocenters. The summed E-state index contributed by atoms with van der Waals surface area (Å²) in [5.41, 5.74) is 1.26. The van der Waals surface area contributed by atoms with Crippen molar-refractivity contribution < 1.29 is 5.11 Å². The molecule has 1 aromatic rings. The Labute approximate surface area is 108 Å². The summed E-state index contributed by atoms with van der Waals surface area (Å²) >= 11 is 1.72. The first-order valence-corrected chi connectivity index (χ1v) is 7.02. The third kappa shape index (κ3) is 5.06. The molecule has 1 aromatic heterocycles. The first kappa shape index (κ1) is 14.5. The Kier molecular flexibility index (Phi) is 6.55. The van der Waals surface area contributed by atoms with E-state index in [9.17, 15) is 0 Å². The van der Waals surface area contributed by atoms with E-state index in [1.807, 2.05) is 12.3 Å². The molecule has 0 radical (unpaired) electrons. The fourth-order valence-electron chi connectivity index (χ4n) is 1.63. The summed E-state index contributed by atoms with van der Waals surface area (Å²) in [6, 6.07) is 4.54. The van der Waals surface area contributed by atoms with Crippen LogP contribution in [0.1, 0.15) is 38.8 Å². The van der Waals surface area contributed by atoms with Crippen LogP contribution in [0.25, 0.3) is 0 Å². The highest BCUT2D eigenvalue weighted by Gasteiger charge is 2.08. The molecule has 3 nitrogen and oxygen atoms in total. The van der Waals surface area contributed by atoms with Crippen molar-refractivity contribution >= 4 is 11.8 Å². The van der Waals surface area contributed by atoms with Gasteiger partial charge in [0.05, 0.1) is 5.03 Å². The van der Waals surface area contributed by atoms with Gasteiger partial charge in [0.1, 0.15) is 0 Å². The zero-order valence-electron chi connectivity index (χ0n) is 10.8. The highest BCUT2D eigenvalue weighted by molar-refractivity contribution is 7.99. The lowest BCUT2D eigenvalue weighted by molar-refractivity contribution is 0.289. The molecule has 0 aromatic carbocycles. The first-order valence-electron chi connectivity index (χ1n) is 6.14. The fraction of sp³-hybridized carbons (Fsp3) is 0.615. The Morgan fingerprint density at radius 2 is 2.24 bits per heavy atom. The van der Waals surface area contributed by atoms with Crippen LogP contribution in [0, 0.1) is 0 Å². The Hall–Kier alpha value is -0.580. The summed E-state index contributed by atoms with van der Waals surface area (Å²) in [6.07, 6.45) is 2.66. The lowest BCUT2D eigenvalue weighted by Crippen LogP contribution is -2.17. The third-order valence-electron chi connectivity index (χ3n) is 2.63. The highest BCUT2D eigenvalue weighted by Crippen LogP contribution is 2.25. The lowest BCUT2D eigenvalue weighted by Gasteiger charge is -2.14. The molecule has 1 rings (SSSR count). The molecule has 4 heteroatoms. The van der Waals surface area contributed by atoms with Crippen molar-refractivity contribution in [1.29, 1.82) is 0 Å². The van der Waals surface area contributed by atoms with Gasteiger partial charge in [0.15, 0.2) is 0 Å². The minimum absolute atomic E-state index is 0.238. The molecule has 17 heavy (non-hydrogen) atoms. The van der Waals surface area contributed by atoms with Crippen LogP contribution in [0.5, 0.6) is 0 Å². The smallest absolute Gasteiger partial charge is 0.0965 e.